The van der Waals surface area contributed by atoms with Crippen molar-refractivity contribution in [3.05, 3.63) is 36.2 Å². The molecule has 150 valence electrons. The number of amides is 1. The van der Waals surface area contributed by atoms with Crippen LogP contribution in [-0.4, -0.2) is 51.6 Å². The molecule has 3 rings (SSSR count). The van der Waals surface area contributed by atoms with Gasteiger partial charge in [-0.1, -0.05) is 13.0 Å². The van der Waals surface area contributed by atoms with Crippen LogP contribution in [-0.2, 0) is 11.2 Å². The van der Waals surface area contributed by atoms with Crippen LogP contribution in [0.5, 0.6) is 0 Å². The predicted octanol–water partition coefficient (Wildman–Crippen LogP) is 3.31. The number of aryl methyl sites for hydroxylation is 1. The number of rotatable bonds is 5. The normalized spacial score (nSPS) is 15.5. The molecule has 3 heterocycles. The number of nitrogens with one attached hydrogen (secondary N) is 1. The van der Waals surface area contributed by atoms with Crippen LogP contribution in [0, 0.1) is 5.92 Å². The van der Waals surface area contributed by atoms with Gasteiger partial charge in [0.1, 0.15) is 11.5 Å². The SMILES string of the molecule is CCc1cc(NCC2CCN(C(=O)C(F)(F)F)CC2)nc(-c2ccccn2)n1. The van der Waals surface area contributed by atoms with Crippen molar-refractivity contribution in [2.75, 3.05) is 25.0 Å². The molecule has 0 saturated carbocycles. The van der Waals surface area contributed by atoms with E-state index in [0.29, 0.717) is 36.7 Å². The highest BCUT2D eigenvalue weighted by atomic mass is 19.4. The van der Waals surface area contributed by atoms with Crippen molar-refractivity contribution >= 4 is 11.7 Å². The smallest absolute Gasteiger partial charge is 0.370 e. The van der Waals surface area contributed by atoms with Crippen molar-refractivity contribution in [2.24, 2.45) is 5.92 Å². The molecular weight excluding hydrogens is 371 g/mol. The van der Waals surface area contributed by atoms with Crippen LogP contribution >= 0.6 is 0 Å². The molecule has 0 radical (unpaired) electrons. The fourth-order valence-electron chi connectivity index (χ4n) is 3.15. The van der Waals surface area contributed by atoms with Gasteiger partial charge in [0.15, 0.2) is 5.82 Å². The van der Waals surface area contributed by atoms with Crippen LogP contribution in [0.15, 0.2) is 30.5 Å². The lowest BCUT2D eigenvalue weighted by Gasteiger charge is -2.32. The van der Waals surface area contributed by atoms with Crippen molar-refractivity contribution < 1.29 is 18.0 Å². The Hall–Kier alpha value is -2.71. The number of carbonyl (C=O) groups excluding carboxylic acids is 1. The lowest BCUT2D eigenvalue weighted by Crippen LogP contribution is -2.46. The number of hydrogen-bond donors (Lipinski definition) is 1. The predicted molar refractivity (Wildman–Crippen MR) is 98.5 cm³/mol. The molecule has 0 aliphatic carbocycles. The zero-order valence-corrected chi connectivity index (χ0v) is 15.5. The minimum Gasteiger partial charge on any atom is -0.370 e. The second kappa shape index (κ2) is 8.53. The number of halogens is 3. The molecule has 0 unspecified atom stereocenters. The zero-order chi connectivity index (χ0) is 20.1. The Morgan fingerprint density at radius 2 is 2.00 bits per heavy atom. The summed E-state index contributed by atoms with van der Waals surface area (Å²) in [6.07, 6.45) is -1.33. The van der Waals surface area contributed by atoms with E-state index in [0.717, 1.165) is 17.0 Å². The molecule has 1 aliphatic heterocycles. The number of anilines is 1. The molecule has 0 spiro atoms. The standard InChI is InChI=1S/C19H22F3N5O/c1-2-14-11-16(26-17(25-14)15-5-3-4-8-23-15)24-12-13-6-9-27(10-7-13)18(28)19(20,21)22/h3-5,8,11,13H,2,6-7,9-10,12H2,1H3,(H,24,25,26). The molecule has 1 amide bonds. The first kappa shape index (κ1) is 20.0. The number of likely N-dealkylation sites (tertiary alicyclic amines) is 1. The van der Waals surface area contributed by atoms with Crippen molar-refractivity contribution in [1.29, 1.82) is 0 Å². The van der Waals surface area contributed by atoms with E-state index in [-0.39, 0.29) is 19.0 Å². The summed E-state index contributed by atoms with van der Waals surface area (Å²) in [6.45, 7) is 2.82. The van der Waals surface area contributed by atoms with Crippen molar-refractivity contribution in [2.45, 2.75) is 32.4 Å². The molecule has 9 heteroatoms. The highest BCUT2D eigenvalue weighted by molar-refractivity contribution is 5.81. The summed E-state index contributed by atoms with van der Waals surface area (Å²) in [5.41, 5.74) is 1.56. The molecular formula is C19H22F3N5O. The van der Waals surface area contributed by atoms with E-state index in [4.69, 9.17) is 0 Å². The molecule has 1 saturated heterocycles. The Balaban J connectivity index is 1.60. The molecule has 6 nitrogen and oxygen atoms in total. The summed E-state index contributed by atoms with van der Waals surface area (Å²) in [7, 11) is 0. The van der Waals surface area contributed by atoms with Gasteiger partial charge in [-0.25, -0.2) is 9.97 Å². The molecule has 1 N–H and O–H groups in total. The maximum absolute atomic E-state index is 12.5. The van der Waals surface area contributed by atoms with Gasteiger partial charge in [-0.2, -0.15) is 13.2 Å². The van der Waals surface area contributed by atoms with Crippen LogP contribution in [0.25, 0.3) is 11.5 Å². The molecule has 0 bridgehead atoms. The first-order chi connectivity index (χ1) is 13.4. The van der Waals surface area contributed by atoms with Crippen LogP contribution in [0.1, 0.15) is 25.5 Å². The Morgan fingerprint density at radius 1 is 1.25 bits per heavy atom. The highest BCUT2D eigenvalue weighted by Crippen LogP contribution is 2.24. The summed E-state index contributed by atoms with van der Waals surface area (Å²) in [6, 6.07) is 7.40. The molecule has 2 aromatic heterocycles. The van der Waals surface area contributed by atoms with Gasteiger partial charge in [-0.05, 0) is 37.3 Å². The van der Waals surface area contributed by atoms with E-state index < -0.39 is 12.1 Å². The first-order valence-electron chi connectivity index (χ1n) is 9.26. The van der Waals surface area contributed by atoms with Gasteiger partial charge in [0.2, 0.25) is 0 Å². The van der Waals surface area contributed by atoms with E-state index in [2.05, 4.69) is 20.3 Å². The number of pyridine rings is 1. The Kier molecular flexibility index (Phi) is 6.11. The topological polar surface area (TPSA) is 71.0 Å². The maximum atomic E-state index is 12.5. The first-order valence-corrected chi connectivity index (χ1v) is 9.26. The average Bonchev–Trinajstić information content (AvgIpc) is 2.72. The molecule has 28 heavy (non-hydrogen) atoms. The van der Waals surface area contributed by atoms with E-state index in [1.807, 2.05) is 31.2 Å². The Bertz CT molecular complexity index is 805. The van der Waals surface area contributed by atoms with Crippen molar-refractivity contribution in [1.82, 2.24) is 19.9 Å². The van der Waals surface area contributed by atoms with Crippen molar-refractivity contribution in [3.63, 3.8) is 0 Å². The Labute approximate surface area is 161 Å². The third-order valence-electron chi connectivity index (χ3n) is 4.75. The molecule has 1 aliphatic rings. The fourth-order valence-corrected chi connectivity index (χ4v) is 3.15. The van der Waals surface area contributed by atoms with Gasteiger partial charge in [-0.15, -0.1) is 0 Å². The minimum absolute atomic E-state index is 0.119. The maximum Gasteiger partial charge on any atom is 0.471 e. The van der Waals surface area contributed by atoms with Crippen LogP contribution in [0.4, 0.5) is 19.0 Å². The third-order valence-corrected chi connectivity index (χ3v) is 4.75. The Morgan fingerprint density at radius 3 is 2.61 bits per heavy atom. The van der Waals surface area contributed by atoms with Crippen LogP contribution in [0.3, 0.4) is 0 Å². The van der Waals surface area contributed by atoms with E-state index in [9.17, 15) is 18.0 Å². The second-order valence-corrected chi connectivity index (χ2v) is 6.75. The van der Waals surface area contributed by atoms with Crippen LogP contribution < -0.4 is 5.32 Å². The van der Waals surface area contributed by atoms with E-state index >= 15 is 0 Å². The second-order valence-electron chi connectivity index (χ2n) is 6.75. The monoisotopic (exact) mass is 393 g/mol. The molecule has 0 atom stereocenters. The van der Waals surface area contributed by atoms with Crippen molar-refractivity contribution in [3.8, 4) is 11.5 Å². The summed E-state index contributed by atoms with van der Waals surface area (Å²) in [4.78, 5) is 25.5. The number of nitrogens with zero attached hydrogens (tertiary/aromatic N) is 4. The lowest BCUT2D eigenvalue weighted by molar-refractivity contribution is -0.186. The zero-order valence-electron chi connectivity index (χ0n) is 15.5. The van der Waals surface area contributed by atoms with Gasteiger partial charge < -0.3 is 10.2 Å². The largest absolute Gasteiger partial charge is 0.471 e. The fraction of sp³-hybridized carbons (Fsp3) is 0.474. The summed E-state index contributed by atoms with van der Waals surface area (Å²) >= 11 is 0. The third kappa shape index (κ3) is 4.96. The molecule has 1 fully saturated rings. The molecule has 2 aromatic rings. The summed E-state index contributed by atoms with van der Waals surface area (Å²) in [5, 5.41) is 3.27. The minimum atomic E-state index is -4.80. The number of piperidine rings is 1. The summed E-state index contributed by atoms with van der Waals surface area (Å²) in [5.74, 6) is -0.368. The molecule has 0 aromatic carbocycles. The number of alkyl halides is 3. The van der Waals surface area contributed by atoms with E-state index in [1.165, 1.54) is 0 Å². The van der Waals surface area contributed by atoms with Gasteiger partial charge in [-0.3, -0.25) is 9.78 Å². The highest BCUT2D eigenvalue weighted by Gasteiger charge is 2.43. The average molecular weight is 393 g/mol. The van der Waals surface area contributed by atoms with Gasteiger partial charge in [0.25, 0.3) is 0 Å². The van der Waals surface area contributed by atoms with Gasteiger partial charge in [0, 0.05) is 37.6 Å². The number of aromatic nitrogens is 3. The summed E-state index contributed by atoms with van der Waals surface area (Å²) < 4.78 is 37.6. The van der Waals surface area contributed by atoms with Crippen LogP contribution in [0.2, 0.25) is 0 Å². The van der Waals surface area contributed by atoms with E-state index in [1.54, 1.807) is 6.20 Å². The number of hydrogen-bond acceptors (Lipinski definition) is 5. The lowest BCUT2D eigenvalue weighted by atomic mass is 9.96. The van der Waals surface area contributed by atoms with Gasteiger partial charge in [0.05, 0.1) is 0 Å². The quantitative estimate of drug-likeness (QED) is 0.844. The van der Waals surface area contributed by atoms with Gasteiger partial charge >= 0.3 is 12.1 Å². The number of carbonyl (C=O) groups is 1.